The van der Waals surface area contributed by atoms with Gasteiger partial charge >= 0.3 is 12.1 Å². The summed E-state index contributed by atoms with van der Waals surface area (Å²) in [4.78, 5) is 18.0. The lowest BCUT2D eigenvalue weighted by Crippen LogP contribution is -2.33. The first-order valence-corrected chi connectivity index (χ1v) is 14.2. The van der Waals surface area contributed by atoms with Crippen molar-refractivity contribution in [1.82, 2.24) is 9.38 Å². The number of benzene rings is 2. The van der Waals surface area contributed by atoms with Crippen LogP contribution in [0.5, 0.6) is 0 Å². The third kappa shape index (κ3) is 6.09. The molecule has 0 saturated carbocycles. The molecule has 9 heteroatoms. The zero-order valence-electron chi connectivity index (χ0n) is 23.9. The van der Waals surface area contributed by atoms with Gasteiger partial charge in [0.25, 0.3) is 0 Å². The predicted molar refractivity (Wildman–Crippen MR) is 154 cm³/mol. The van der Waals surface area contributed by atoms with E-state index in [0.717, 1.165) is 47.0 Å². The van der Waals surface area contributed by atoms with Crippen molar-refractivity contribution < 1.29 is 27.4 Å². The normalized spacial score (nSPS) is 15.9. The number of halogens is 4. The van der Waals surface area contributed by atoms with Crippen LogP contribution in [0.3, 0.4) is 0 Å². The summed E-state index contributed by atoms with van der Waals surface area (Å²) in [5, 5.41) is 0.283. The molecule has 1 aliphatic heterocycles. The maximum absolute atomic E-state index is 13.7. The van der Waals surface area contributed by atoms with Crippen molar-refractivity contribution in [2.24, 2.45) is 5.92 Å². The fraction of sp³-hybridized carbons (Fsp3) is 0.438. The fourth-order valence-corrected chi connectivity index (χ4v) is 6.12. The van der Waals surface area contributed by atoms with Gasteiger partial charge in [0, 0.05) is 42.0 Å². The fourth-order valence-electron chi connectivity index (χ4n) is 5.85. The first-order chi connectivity index (χ1) is 19.2. The topological polar surface area (TPSA) is 52.8 Å². The van der Waals surface area contributed by atoms with E-state index < -0.39 is 23.3 Å². The second kappa shape index (κ2) is 11.0. The quantitative estimate of drug-likeness (QED) is 0.221. The van der Waals surface area contributed by atoms with E-state index in [1.807, 2.05) is 65.0 Å². The molecule has 1 fully saturated rings. The van der Waals surface area contributed by atoms with Gasteiger partial charge in [0.2, 0.25) is 0 Å². The van der Waals surface area contributed by atoms with Crippen LogP contribution in [0.1, 0.15) is 73.2 Å². The lowest BCUT2D eigenvalue weighted by Gasteiger charge is -2.31. The van der Waals surface area contributed by atoms with E-state index >= 15 is 0 Å². The molecule has 0 radical (unpaired) electrons. The van der Waals surface area contributed by atoms with Gasteiger partial charge in [-0.25, -0.2) is 4.98 Å². The Labute approximate surface area is 242 Å². The Hall–Kier alpha value is -3.10. The predicted octanol–water partition coefficient (Wildman–Crippen LogP) is 8.22. The molecule has 0 bridgehead atoms. The second-order valence-corrected chi connectivity index (χ2v) is 12.3. The van der Waals surface area contributed by atoms with Crippen molar-refractivity contribution in [3.05, 3.63) is 81.1 Å². The Kier molecular flexibility index (Phi) is 7.85. The van der Waals surface area contributed by atoms with Crippen molar-refractivity contribution in [2.75, 3.05) is 13.2 Å². The molecule has 1 aliphatic rings. The summed E-state index contributed by atoms with van der Waals surface area (Å²) in [5.74, 6) is -0.536. The molecule has 3 heterocycles. The molecule has 41 heavy (non-hydrogen) atoms. The van der Waals surface area contributed by atoms with Crippen LogP contribution >= 0.6 is 11.6 Å². The molecule has 218 valence electrons. The summed E-state index contributed by atoms with van der Waals surface area (Å²) in [6.07, 6.45) is -2.59. The summed E-state index contributed by atoms with van der Waals surface area (Å²) in [6, 6.07) is 12.2. The zero-order chi connectivity index (χ0) is 29.7. The van der Waals surface area contributed by atoms with Gasteiger partial charge in [0.1, 0.15) is 11.2 Å². The van der Waals surface area contributed by atoms with E-state index in [1.54, 1.807) is 4.40 Å². The van der Waals surface area contributed by atoms with E-state index in [9.17, 15) is 18.0 Å². The average Bonchev–Trinajstić information content (AvgIpc) is 3.16. The van der Waals surface area contributed by atoms with Crippen LogP contribution < -0.4 is 0 Å². The van der Waals surface area contributed by atoms with Crippen LogP contribution in [-0.2, 0) is 26.9 Å². The van der Waals surface area contributed by atoms with Crippen LogP contribution in [0.2, 0.25) is 5.02 Å². The highest BCUT2D eigenvalue weighted by atomic mass is 35.5. The number of aromatic nitrogens is 2. The Morgan fingerprint density at radius 2 is 1.76 bits per heavy atom. The van der Waals surface area contributed by atoms with Crippen LogP contribution in [0.15, 0.2) is 42.5 Å². The summed E-state index contributed by atoms with van der Waals surface area (Å²) < 4.78 is 54.3. The van der Waals surface area contributed by atoms with Crippen LogP contribution in [0.4, 0.5) is 13.2 Å². The Bertz CT molecular complexity index is 1600. The van der Waals surface area contributed by atoms with E-state index in [0.29, 0.717) is 36.2 Å². The maximum Gasteiger partial charge on any atom is 0.417 e. The molecule has 0 N–H and O–H groups in total. The molecule has 1 saturated heterocycles. The number of esters is 1. The summed E-state index contributed by atoms with van der Waals surface area (Å²) in [5.41, 5.74) is 3.71. The first kappa shape index (κ1) is 29.4. The standard InChI is InChI=1S/C32H34ClF3N2O3/c1-18-14-19(2)38-27-17-25(32(34,35)36)26(33)16-23(27)24(29(38)37-18)15-20-6-8-21(9-7-20)28(22-10-12-40-13-11-22)30(39)41-31(3,4)5/h6-9,14,16-17,22,28H,10-13,15H2,1-5H3. The van der Waals surface area contributed by atoms with Crippen molar-refractivity contribution in [3.63, 3.8) is 0 Å². The largest absolute Gasteiger partial charge is 0.459 e. The van der Waals surface area contributed by atoms with E-state index in [2.05, 4.69) is 0 Å². The third-order valence-electron chi connectivity index (χ3n) is 7.61. The number of hydrogen-bond donors (Lipinski definition) is 0. The number of rotatable bonds is 5. The number of carbonyl (C=O) groups excluding carboxylic acids is 1. The minimum absolute atomic E-state index is 0.115. The molecule has 4 aromatic rings. The van der Waals surface area contributed by atoms with Gasteiger partial charge in [0.15, 0.2) is 0 Å². The number of hydrogen-bond acceptors (Lipinski definition) is 4. The van der Waals surface area contributed by atoms with Gasteiger partial charge in [-0.05, 0) is 82.7 Å². The lowest BCUT2D eigenvalue weighted by molar-refractivity contribution is -0.159. The SMILES string of the molecule is Cc1cc(C)n2c(n1)c(Cc1ccc(C(C(=O)OC(C)(C)C)C3CCOCC3)cc1)c1cc(Cl)c(C(F)(F)F)cc12. The van der Waals surface area contributed by atoms with Crippen molar-refractivity contribution in [1.29, 1.82) is 0 Å². The molecular formula is C32H34ClF3N2O3. The summed E-state index contributed by atoms with van der Waals surface area (Å²) in [6.45, 7) is 10.5. The van der Waals surface area contributed by atoms with Crippen LogP contribution in [-0.4, -0.2) is 34.2 Å². The average molecular weight is 587 g/mol. The zero-order valence-corrected chi connectivity index (χ0v) is 24.6. The third-order valence-corrected chi connectivity index (χ3v) is 7.92. The molecule has 5 rings (SSSR count). The van der Waals surface area contributed by atoms with Crippen LogP contribution in [0.25, 0.3) is 16.6 Å². The van der Waals surface area contributed by atoms with E-state index in [-0.39, 0.29) is 16.9 Å². The molecule has 1 unspecified atom stereocenters. The monoisotopic (exact) mass is 586 g/mol. The maximum atomic E-state index is 13.7. The lowest BCUT2D eigenvalue weighted by atomic mass is 9.81. The minimum Gasteiger partial charge on any atom is -0.459 e. The number of carbonyl (C=O) groups is 1. The molecular weight excluding hydrogens is 553 g/mol. The number of aryl methyl sites for hydroxylation is 2. The van der Waals surface area contributed by atoms with Gasteiger partial charge in [-0.15, -0.1) is 0 Å². The molecule has 1 atom stereocenters. The van der Waals surface area contributed by atoms with Gasteiger partial charge in [-0.2, -0.15) is 13.2 Å². The molecule has 2 aromatic heterocycles. The smallest absolute Gasteiger partial charge is 0.417 e. The molecule has 0 spiro atoms. The number of nitrogens with zero attached hydrogens (tertiary/aromatic N) is 2. The summed E-state index contributed by atoms with van der Waals surface area (Å²) in [7, 11) is 0. The van der Waals surface area contributed by atoms with Crippen LogP contribution in [0, 0.1) is 19.8 Å². The molecule has 2 aromatic carbocycles. The molecule has 0 aliphatic carbocycles. The highest BCUT2D eigenvalue weighted by molar-refractivity contribution is 6.32. The molecule has 0 amide bonds. The van der Waals surface area contributed by atoms with Gasteiger partial charge in [-0.1, -0.05) is 35.9 Å². The second-order valence-electron chi connectivity index (χ2n) is 11.9. The summed E-state index contributed by atoms with van der Waals surface area (Å²) >= 11 is 6.16. The minimum atomic E-state index is -4.58. The Balaban J connectivity index is 1.56. The first-order valence-electron chi connectivity index (χ1n) is 13.8. The van der Waals surface area contributed by atoms with Crippen molar-refractivity contribution in [2.45, 2.75) is 71.6 Å². The van der Waals surface area contributed by atoms with E-state index in [1.165, 1.54) is 6.07 Å². The van der Waals surface area contributed by atoms with Gasteiger partial charge in [-0.3, -0.25) is 9.20 Å². The highest BCUT2D eigenvalue weighted by Gasteiger charge is 2.36. The van der Waals surface area contributed by atoms with E-state index in [4.69, 9.17) is 26.1 Å². The highest BCUT2D eigenvalue weighted by Crippen LogP contribution is 2.40. The Morgan fingerprint density at radius 3 is 2.37 bits per heavy atom. The number of fused-ring (bicyclic) bond motifs is 3. The van der Waals surface area contributed by atoms with Gasteiger partial charge in [0.05, 0.1) is 22.0 Å². The number of alkyl halides is 3. The van der Waals surface area contributed by atoms with Crippen molar-refractivity contribution >= 4 is 34.1 Å². The number of ether oxygens (including phenoxy) is 2. The van der Waals surface area contributed by atoms with Gasteiger partial charge < -0.3 is 9.47 Å². The van der Waals surface area contributed by atoms with Crippen molar-refractivity contribution in [3.8, 4) is 0 Å². The molecule has 5 nitrogen and oxygen atoms in total. The Morgan fingerprint density at radius 1 is 1.10 bits per heavy atom.